The van der Waals surface area contributed by atoms with Crippen LogP contribution in [0.2, 0.25) is 5.02 Å². The standard InChI is InChI=1S/C18H20ClN/c1-14-11-20(12-15-5-3-2-4-6-15)13-18(14)16-7-9-17(19)10-8-16/h2-10,14,18H,11-13H2,1H3/t14-,18-/m1/s1. The molecule has 2 aromatic rings. The zero-order valence-electron chi connectivity index (χ0n) is 11.8. The zero-order valence-corrected chi connectivity index (χ0v) is 12.6. The van der Waals surface area contributed by atoms with Gasteiger partial charge in [-0.2, -0.15) is 0 Å². The third-order valence-corrected chi connectivity index (χ3v) is 4.49. The van der Waals surface area contributed by atoms with E-state index in [1.165, 1.54) is 17.7 Å². The molecule has 104 valence electrons. The average Bonchev–Trinajstić information content (AvgIpc) is 2.81. The van der Waals surface area contributed by atoms with Crippen LogP contribution in [0.3, 0.4) is 0 Å². The quantitative estimate of drug-likeness (QED) is 0.798. The van der Waals surface area contributed by atoms with E-state index in [0.29, 0.717) is 11.8 Å². The number of nitrogens with zero attached hydrogens (tertiary/aromatic N) is 1. The monoisotopic (exact) mass is 285 g/mol. The summed E-state index contributed by atoms with van der Waals surface area (Å²) in [6.45, 7) is 5.71. The number of hydrogen-bond donors (Lipinski definition) is 0. The summed E-state index contributed by atoms with van der Waals surface area (Å²) in [6.07, 6.45) is 0. The van der Waals surface area contributed by atoms with Gasteiger partial charge in [-0.15, -0.1) is 0 Å². The lowest BCUT2D eigenvalue weighted by atomic mass is 9.90. The first-order chi connectivity index (χ1) is 9.72. The van der Waals surface area contributed by atoms with Crippen molar-refractivity contribution in [2.24, 2.45) is 5.92 Å². The minimum Gasteiger partial charge on any atom is -0.298 e. The average molecular weight is 286 g/mol. The molecule has 20 heavy (non-hydrogen) atoms. The van der Waals surface area contributed by atoms with Crippen LogP contribution < -0.4 is 0 Å². The molecule has 3 rings (SSSR count). The molecule has 0 amide bonds. The number of hydrogen-bond acceptors (Lipinski definition) is 1. The van der Waals surface area contributed by atoms with Crippen LogP contribution in [0.1, 0.15) is 24.0 Å². The highest BCUT2D eigenvalue weighted by Gasteiger charge is 2.30. The van der Waals surface area contributed by atoms with E-state index in [4.69, 9.17) is 11.6 Å². The van der Waals surface area contributed by atoms with Crippen molar-refractivity contribution >= 4 is 11.6 Å². The van der Waals surface area contributed by atoms with Crippen LogP contribution in [0.5, 0.6) is 0 Å². The molecule has 1 fully saturated rings. The maximum atomic E-state index is 5.98. The van der Waals surface area contributed by atoms with Crippen molar-refractivity contribution in [2.45, 2.75) is 19.4 Å². The molecule has 0 bridgehead atoms. The van der Waals surface area contributed by atoms with Crippen molar-refractivity contribution in [1.29, 1.82) is 0 Å². The molecule has 2 atom stereocenters. The van der Waals surface area contributed by atoms with E-state index in [-0.39, 0.29) is 0 Å². The Morgan fingerprint density at radius 2 is 1.70 bits per heavy atom. The van der Waals surface area contributed by atoms with E-state index < -0.39 is 0 Å². The van der Waals surface area contributed by atoms with Crippen LogP contribution in [0.4, 0.5) is 0 Å². The van der Waals surface area contributed by atoms with Crippen molar-refractivity contribution in [3.63, 3.8) is 0 Å². The molecular formula is C18H20ClN. The van der Waals surface area contributed by atoms with Crippen molar-refractivity contribution in [1.82, 2.24) is 4.90 Å². The highest BCUT2D eigenvalue weighted by molar-refractivity contribution is 6.30. The van der Waals surface area contributed by atoms with E-state index >= 15 is 0 Å². The molecule has 2 aromatic carbocycles. The third-order valence-electron chi connectivity index (χ3n) is 4.24. The molecule has 2 heteroatoms. The second-order valence-electron chi connectivity index (χ2n) is 5.82. The van der Waals surface area contributed by atoms with Gasteiger partial charge in [-0.05, 0) is 29.2 Å². The fourth-order valence-electron chi connectivity index (χ4n) is 3.18. The van der Waals surface area contributed by atoms with Crippen LogP contribution >= 0.6 is 11.6 Å². The van der Waals surface area contributed by atoms with E-state index in [9.17, 15) is 0 Å². The first kappa shape index (κ1) is 13.7. The van der Waals surface area contributed by atoms with E-state index in [2.05, 4.69) is 54.3 Å². The van der Waals surface area contributed by atoms with Gasteiger partial charge in [-0.25, -0.2) is 0 Å². The Balaban J connectivity index is 1.69. The normalized spacial score (nSPS) is 23.1. The van der Waals surface area contributed by atoms with E-state index in [1.807, 2.05) is 12.1 Å². The van der Waals surface area contributed by atoms with Crippen molar-refractivity contribution in [2.75, 3.05) is 13.1 Å². The molecule has 0 spiro atoms. The summed E-state index contributed by atoms with van der Waals surface area (Å²) in [4.78, 5) is 2.55. The summed E-state index contributed by atoms with van der Waals surface area (Å²) >= 11 is 5.98. The molecule has 0 aliphatic carbocycles. The summed E-state index contributed by atoms with van der Waals surface area (Å²) < 4.78 is 0. The molecule has 0 aromatic heterocycles. The van der Waals surface area contributed by atoms with Gasteiger partial charge in [0.1, 0.15) is 0 Å². The fourth-order valence-corrected chi connectivity index (χ4v) is 3.31. The van der Waals surface area contributed by atoms with E-state index in [1.54, 1.807) is 0 Å². The molecule has 1 heterocycles. The number of rotatable bonds is 3. The maximum Gasteiger partial charge on any atom is 0.0406 e. The smallest absolute Gasteiger partial charge is 0.0406 e. The summed E-state index contributed by atoms with van der Waals surface area (Å²) in [5.74, 6) is 1.32. The molecule has 0 radical (unpaired) electrons. The predicted molar refractivity (Wildman–Crippen MR) is 85.1 cm³/mol. The number of benzene rings is 2. The molecule has 0 saturated carbocycles. The molecule has 1 nitrogen and oxygen atoms in total. The van der Waals surface area contributed by atoms with Gasteiger partial charge < -0.3 is 0 Å². The molecular weight excluding hydrogens is 266 g/mol. The maximum absolute atomic E-state index is 5.98. The summed E-state index contributed by atoms with van der Waals surface area (Å²) in [5, 5.41) is 0.820. The molecule has 0 N–H and O–H groups in total. The SMILES string of the molecule is C[C@@H]1CN(Cc2ccccc2)C[C@H]1c1ccc(Cl)cc1. The Kier molecular flexibility index (Phi) is 4.09. The van der Waals surface area contributed by atoms with Gasteiger partial charge in [0.25, 0.3) is 0 Å². The van der Waals surface area contributed by atoms with Gasteiger partial charge in [0.2, 0.25) is 0 Å². The molecule has 1 saturated heterocycles. The molecule has 1 aliphatic heterocycles. The minimum absolute atomic E-state index is 0.621. The number of likely N-dealkylation sites (tertiary alicyclic amines) is 1. The first-order valence-electron chi connectivity index (χ1n) is 7.24. The Morgan fingerprint density at radius 3 is 2.40 bits per heavy atom. The van der Waals surface area contributed by atoms with Crippen LogP contribution in [-0.2, 0) is 6.54 Å². The Morgan fingerprint density at radius 1 is 1.00 bits per heavy atom. The van der Waals surface area contributed by atoms with Gasteiger partial charge >= 0.3 is 0 Å². The number of halogens is 1. The van der Waals surface area contributed by atoms with Crippen LogP contribution in [0, 0.1) is 5.92 Å². The highest BCUT2D eigenvalue weighted by Crippen LogP contribution is 2.33. The van der Waals surface area contributed by atoms with E-state index in [0.717, 1.165) is 18.1 Å². The zero-order chi connectivity index (χ0) is 13.9. The summed E-state index contributed by atoms with van der Waals surface area (Å²) in [7, 11) is 0. The van der Waals surface area contributed by atoms with Crippen molar-refractivity contribution in [3.8, 4) is 0 Å². The second-order valence-corrected chi connectivity index (χ2v) is 6.25. The van der Waals surface area contributed by atoms with Crippen molar-refractivity contribution in [3.05, 3.63) is 70.7 Å². The second kappa shape index (κ2) is 5.99. The highest BCUT2D eigenvalue weighted by atomic mass is 35.5. The van der Waals surface area contributed by atoms with Gasteiger partial charge in [0.05, 0.1) is 0 Å². The lowest BCUT2D eigenvalue weighted by Crippen LogP contribution is -2.20. The predicted octanol–water partition coefficient (Wildman–Crippen LogP) is 4.58. The summed E-state index contributed by atoms with van der Waals surface area (Å²) in [6, 6.07) is 19.1. The van der Waals surface area contributed by atoms with Gasteiger partial charge in [-0.1, -0.05) is 61.0 Å². The topological polar surface area (TPSA) is 3.24 Å². The lowest BCUT2D eigenvalue weighted by Gasteiger charge is -2.16. The Hall–Kier alpha value is -1.31. The van der Waals surface area contributed by atoms with Gasteiger partial charge in [0, 0.05) is 30.6 Å². The first-order valence-corrected chi connectivity index (χ1v) is 7.62. The molecule has 0 unspecified atom stereocenters. The van der Waals surface area contributed by atoms with Crippen LogP contribution in [-0.4, -0.2) is 18.0 Å². The van der Waals surface area contributed by atoms with Gasteiger partial charge in [0.15, 0.2) is 0 Å². The lowest BCUT2D eigenvalue weighted by molar-refractivity contribution is 0.319. The fraction of sp³-hybridized carbons (Fsp3) is 0.333. The summed E-state index contributed by atoms with van der Waals surface area (Å²) in [5.41, 5.74) is 2.81. The van der Waals surface area contributed by atoms with Crippen molar-refractivity contribution < 1.29 is 0 Å². The minimum atomic E-state index is 0.621. The Bertz CT molecular complexity index is 549. The molecule has 1 aliphatic rings. The Labute approximate surface area is 126 Å². The van der Waals surface area contributed by atoms with Crippen LogP contribution in [0.25, 0.3) is 0 Å². The largest absolute Gasteiger partial charge is 0.298 e. The van der Waals surface area contributed by atoms with Gasteiger partial charge in [-0.3, -0.25) is 4.90 Å². The van der Waals surface area contributed by atoms with Crippen LogP contribution in [0.15, 0.2) is 54.6 Å². The third kappa shape index (κ3) is 3.05.